The topological polar surface area (TPSA) is 69.6 Å². The van der Waals surface area contributed by atoms with Crippen molar-refractivity contribution in [1.82, 2.24) is 5.32 Å². The predicted octanol–water partition coefficient (Wildman–Crippen LogP) is 1.44. The van der Waals surface area contributed by atoms with Crippen LogP contribution in [0.5, 0.6) is 5.75 Å². The number of carbonyl (C=O) groups is 1. The molecule has 1 aromatic carbocycles. The summed E-state index contributed by atoms with van der Waals surface area (Å²) >= 11 is 0. The second-order valence-corrected chi connectivity index (χ2v) is 3.56. The van der Waals surface area contributed by atoms with Gasteiger partial charge in [-0.3, -0.25) is 4.79 Å². The number of aryl methyl sites for hydroxylation is 1. The van der Waals surface area contributed by atoms with Gasteiger partial charge < -0.3 is 15.5 Å². The maximum Gasteiger partial charge on any atom is 0.317 e. The summed E-state index contributed by atoms with van der Waals surface area (Å²) in [4.78, 5) is 10.3. The van der Waals surface area contributed by atoms with Crippen LogP contribution in [0, 0.1) is 6.92 Å². The van der Waals surface area contributed by atoms with Crippen molar-refractivity contribution < 1.29 is 15.0 Å². The van der Waals surface area contributed by atoms with Crippen LogP contribution in [0.2, 0.25) is 0 Å². The van der Waals surface area contributed by atoms with E-state index in [9.17, 15) is 9.90 Å². The molecule has 1 unspecified atom stereocenters. The van der Waals surface area contributed by atoms with Crippen molar-refractivity contribution in [3.63, 3.8) is 0 Å². The van der Waals surface area contributed by atoms with Gasteiger partial charge in [-0.2, -0.15) is 0 Å². The molecule has 0 fully saturated rings. The third kappa shape index (κ3) is 3.25. The summed E-state index contributed by atoms with van der Waals surface area (Å²) in [5.74, 6) is -0.714. The molecule has 0 spiro atoms. The smallest absolute Gasteiger partial charge is 0.317 e. The SMILES string of the molecule is Cc1ccc(C(C)NCC(=O)O)c(O)c1. The number of nitrogens with one attached hydrogen (secondary N) is 1. The van der Waals surface area contributed by atoms with Crippen molar-refractivity contribution in [2.75, 3.05) is 6.54 Å². The molecule has 82 valence electrons. The standard InChI is InChI=1S/C11H15NO3/c1-7-3-4-9(10(13)5-7)8(2)12-6-11(14)15/h3-5,8,12-13H,6H2,1-2H3,(H,14,15). The number of aromatic hydroxyl groups is 1. The third-order valence-electron chi connectivity index (χ3n) is 2.21. The highest BCUT2D eigenvalue weighted by Gasteiger charge is 2.10. The number of carboxylic acid groups (broad SMARTS) is 1. The Hall–Kier alpha value is -1.55. The van der Waals surface area contributed by atoms with Gasteiger partial charge in [0.1, 0.15) is 5.75 Å². The largest absolute Gasteiger partial charge is 0.508 e. The Balaban J connectivity index is 2.73. The van der Waals surface area contributed by atoms with Gasteiger partial charge in [0.15, 0.2) is 0 Å². The molecular weight excluding hydrogens is 194 g/mol. The lowest BCUT2D eigenvalue weighted by atomic mass is 10.1. The van der Waals surface area contributed by atoms with E-state index in [1.807, 2.05) is 19.9 Å². The van der Waals surface area contributed by atoms with Crippen LogP contribution in [0.25, 0.3) is 0 Å². The van der Waals surface area contributed by atoms with E-state index >= 15 is 0 Å². The zero-order chi connectivity index (χ0) is 11.4. The van der Waals surface area contributed by atoms with Crippen LogP contribution in [-0.4, -0.2) is 22.7 Å². The summed E-state index contributed by atoms with van der Waals surface area (Å²) in [7, 11) is 0. The first-order chi connectivity index (χ1) is 7.00. The lowest BCUT2D eigenvalue weighted by Crippen LogP contribution is -2.25. The molecule has 0 saturated carbocycles. The van der Waals surface area contributed by atoms with Gasteiger partial charge in [-0.05, 0) is 25.5 Å². The summed E-state index contributed by atoms with van der Waals surface area (Å²) in [5, 5.41) is 20.9. The lowest BCUT2D eigenvalue weighted by molar-refractivity contribution is -0.136. The average molecular weight is 209 g/mol. The molecule has 3 N–H and O–H groups in total. The Morgan fingerprint density at radius 2 is 2.20 bits per heavy atom. The molecular formula is C11H15NO3. The minimum Gasteiger partial charge on any atom is -0.508 e. The Morgan fingerprint density at radius 1 is 1.53 bits per heavy atom. The molecule has 0 heterocycles. The zero-order valence-corrected chi connectivity index (χ0v) is 8.82. The van der Waals surface area contributed by atoms with E-state index in [2.05, 4.69) is 5.32 Å². The minimum absolute atomic E-state index is 0.117. The molecule has 0 aromatic heterocycles. The third-order valence-corrected chi connectivity index (χ3v) is 2.21. The molecule has 15 heavy (non-hydrogen) atoms. The highest BCUT2D eigenvalue weighted by Crippen LogP contribution is 2.24. The normalized spacial score (nSPS) is 12.4. The first-order valence-corrected chi connectivity index (χ1v) is 4.75. The lowest BCUT2D eigenvalue weighted by Gasteiger charge is -2.14. The highest BCUT2D eigenvalue weighted by atomic mass is 16.4. The monoisotopic (exact) mass is 209 g/mol. The number of aliphatic carboxylic acids is 1. The van der Waals surface area contributed by atoms with E-state index in [0.29, 0.717) is 5.56 Å². The molecule has 0 aliphatic rings. The van der Waals surface area contributed by atoms with Crippen LogP contribution in [0.4, 0.5) is 0 Å². The molecule has 1 rings (SSSR count). The van der Waals surface area contributed by atoms with Gasteiger partial charge in [0.05, 0.1) is 6.54 Å². The van der Waals surface area contributed by atoms with Crippen molar-refractivity contribution in [3.05, 3.63) is 29.3 Å². The second-order valence-electron chi connectivity index (χ2n) is 3.56. The predicted molar refractivity (Wildman–Crippen MR) is 56.9 cm³/mol. The molecule has 4 nitrogen and oxygen atoms in total. The number of phenolic OH excluding ortho intramolecular Hbond substituents is 1. The molecule has 0 radical (unpaired) electrons. The second kappa shape index (κ2) is 4.79. The number of hydrogen-bond acceptors (Lipinski definition) is 3. The molecule has 4 heteroatoms. The Labute approximate surface area is 88.6 Å². The zero-order valence-electron chi connectivity index (χ0n) is 8.82. The van der Waals surface area contributed by atoms with Crippen LogP contribution in [-0.2, 0) is 4.79 Å². The summed E-state index contributed by atoms with van der Waals surface area (Å²) in [5.41, 5.74) is 1.68. The Bertz CT molecular complexity index is 363. The number of benzene rings is 1. The first kappa shape index (κ1) is 11.5. The Kier molecular flexibility index (Phi) is 3.68. The van der Waals surface area contributed by atoms with Gasteiger partial charge in [-0.15, -0.1) is 0 Å². The van der Waals surface area contributed by atoms with E-state index in [0.717, 1.165) is 5.56 Å². The van der Waals surface area contributed by atoms with Gasteiger partial charge >= 0.3 is 5.97 Å². The molecule has 1 atom stereocenters. The van der Waals surface area contributed by atoms with E-state index in [1.54, 1.807) is 12.1 Å². The first-order valence-electron chi connectivity index (χ1n) is 4.75. The number of carboxylic acids is 1. The van der Waals surface area contributed by atoms with E-state index < -0.39 is 5.97 Å². The fourth-order valence-electron chi connectivity index (χ4n) is 1.37. The van der Waals surface area contributed by atoms with E-state index in [1.165, 1.54) is 0 Å². The summed E-state index contributed by atoms with van der Waals surface area (Å²) in [6.45, 7) is 3.58. The molecule has 0 bridgehead atoms. The van der Waals surface area contributed by atoms with Gasteiger partial charge in [-0.25, -0.2) is 0 Å². The average Bonchev–Trinajstić information content (AvgIpc) is 2.14. The number of hydrogen-bond donors (Lipinski definition) is 3. The molecule has 0 saturated heterocycles. The fourth-order valence-corrected chi connectivity index (χ4v) is 1.37. The highest BCUT2D eigenvalue weighted by molar-refractivity contribution is 5.69. The maximum absolute atomic E-state index is 10.3. The van der Waals surface area contributed by atoms with Crippen LogP contribution in [0.15, 0.2) is 18.2 Å². The van der Waals surface area contributed by atoms with E-state index in [4.69, 9.17) is 5.11 Å². The van der Waals surface area contributed by atoms with Crippen LogP contribution in [0.1, 0.15) is 24.1 Å². The number of rotatable bonds is 4. The Morgan fingerprint density at radius 3 is 2.73 bits per heavy atom. The van der Waals surface area contributed by atoms with Gasteiger partial charge in [0, 0.05) is 11.6 Å². The van der Waals surface area contributed by atoms with Crippen molar-refractivity contribution >= 4 is 5.97 Å². The summed E-state index contributed by atoms with van der Waals surface area (Å²) < 4.78 is 0. The molecule has 0 amide bonds. The van der Waals surface area contributed by atoms with Crippen LogP contribution >= 0.6 is 0 Å². The van der Waals surface area contributed by atoms with Crippen molar-refractivity contribution in [2.45, 2.75) is 19.9 Å². The van der Waals surface area contributed by atoms with E-state index in [-0.39, 0.29) is 18.3 Å². The van der Waals surface area contributed by atoms with Gasteiger partial charge in [0.25, 0.3) is 0 Å². The van der Waals surface area contributed by atoms with Crippen LogP contribution < -0.4 is 5.32 Å². The fraction of sp³-hybridized carbons (Fsp3) is 0.364. The minimum atomic E-state index is -0.909. The van der Waals surface area contributed by atoms with Crippen molar-refractivity contribution in [1.29, 1.82) is 0 Å². The maximum atomic E-state index is 10.3. The van der Waals surface area contributed by atoms with Gasteiger partial charge in [-0.1, -0.05) is 12.1 Å². The summed E-state index contributed by atoms with van der Waals surface area (Å²) in [6.07, 6.45) is 0. The van der Waals surface area contributed by atoms with Crippen LogP contribution in [0.3, 0.4) is 0 Å². The summed E-state index contributed by atoms with van der Waals surface area (Å²) in [6, 6.07) is 5.16. The van der Waals surface area contributed by atoms with Gasteiger partial charge in [0.2, 0.25) is 0 Å². The van der Waals surface area contributed by atoms with Crippen molar-refractivity contribution in [3.8, 4) is 5.75 Å². The molecule has 0 aliphatic heterocycles. The molecule has 0 aliphatic carbocycles. The molecule has 1 aromatic rings. The van der Waals surface area contributed by atoms with Crippen molar-refractivity contribution in [2.24, 2.45) is 0 Å². The quantitative estimate of drug-likeness (QED) is 0.701. The number of phenols is 1.